The van der Waals surface area contributed by atoms with Crippen molar-refractivity contribution in [2.45, 2.75) is 51.0 Å². The van der Waals surface area contributed by atoms with Crippen LogP contribution in [0.5, 0.6) is 0 Å². The minimum Gasteiger partial charge on any atom is -0.389 e. The molecule has 0 amide bonds. The summed E-state index contributed by atoms with van der Waals surface area (Å²) < 4.78 is 0. The van der Waals surface area contributed by atoms with Crippen LogP contribution in [-0.2, 0) is 0 Å². The van der Waals surface area contributed by atoms with E-state index in [-0.39, 0.29) is 0 Å². The number of rotatable bonds is 3. The highest BCUT2D eigenvalue weighted by atomic mass is 16.3. The zero-order chi connectivity index (χ0) is 11.6. The van der Waals surface area contributed by atoms with Gasteiger partial charge in [0.1, 0.15) is 0 Å². The zero-order valence-corrected chi connectivity index (χ0v) is 10.5. The summed E-state index contributed by atoms with van der Waals surface area (Å²) in [6.07, 6.45) is 7.29. The average molecular weight is 226 g/mol. The highest BCUT2D eigenvalue weighted by Crippen LogP contribution is 2.38. The van der Waals surface area contributed by atoms with Crippen molar-refractivity contribution in [2.24, 2.45) is 11.1 Å². The highest BCUT2D eigenvalue weighted by molar-refractivity contribution is 4.91. The second kappa shape index (κ2) is 4.63. The summed E-state index contributed by atoms with van der Waals surface area (Å²) >= 11 is 0. The summed E-state index contributed by atoms with van der Waals surface area (Å²) in [5.74, 6) is 0. The maximum Gasteiger partial charge on any atom is 0.0746 e. The number of piperidine rings is 1. The van der Waals surface area contributed by atoms with Crippen LogP contribution in [0.25, 0.3) is 0 Å². The molecule has 2 rings (SSSR count). The number of β-amino-alcohol motifs (C(OH)–C–C–N with tert-alkyl or cyclic N) is 1. The molecule has 94 valence electrons. The van der Waals surface area contributed by atoms with Crippen molar-refractivity contribution in [3.63, 3.8) is 0 Å². The van der Waals surface area contributed by atoms with Crippen molar-refractivity contribution in [1.29, 1.82) is 0 Å². The van der Waals surface area contributed by atoms with Gasteiger partial charge in [-0.1, -0.05) is 12.8 Å². The van der Waals surface area contributed by atoms with E-state index in [1.807, 2.05) is 6.92 Å². The van der Waals surface area contributed by atoms with Crippen molar-refractivity contribution in [1.82, 2.24) is 4.90 Å². The standard InChI is InChI=1S/C13H26N2O/c1-12(16)5-4-8-15(10-12)11-13(9-14)6-2-3-7-13/h16H,2-11,14H2,1H3. The lowest BCUT2D eigenvalue weighted by Crippen LogP contribution is -2.50. The van der Waals surface area contributed by atoms with Crippen LogP contribution in [0.4, 0.5) is 0 Å². The van der Waals surface area contributed by atoms with E-state index in [0.717, 1.165) is 39.0 Å². The molecule has 3 N–H and O–H groups in total. The molecule has 1 saturated heterocycles. The molecule has 16 heavy (non-hydrogen) atoms. The van der Waals surface area contributed by atoms with Gasteiger partial charge in [-0.15, -0.1) is 0 Å². The molecule has 1 saturated carbocycles. The SMILES string of the molecule is CC1(O)CCCN(CC2(CN)CCCC2)C1. The van der Waals surface area contributed by atoms with Gasteiger partial charge in [0.2, 0.25) is 0 Å². The fourth-order valence-electron chi connectivity index (χ4n) is 3.48. The van der Waals surface area contributed by atoms with Crippen molar-refractivity contribution in [3.8, 4) is 0 Å². The summed E-state index contributed by atoms with van der Waals surface area (Å²) in [7, 11) is 0. The Bertz CT molecular complexity index is 234. The zero-order valence-electron chi connectivity index (χ0n) is 10.5. The van der Waals surface area contributed by atoms with E-state index in [1.54, 1.807) is 0 Å². The van der Waals surface area contributed by atoms with Crippen LogP contribution < -0.4 is 5.73 Å². The molecule has 2 fully saturated rings. The maximum atomic E-state index is 10.1. The fraction of sp³-hybridized carbons (Fsp3) is 1.00. The first kappa shape index (κ1) is 12.3. The first-order valence-electron chi connectivity index (χ1n) is 6.70. The first-order chi connectivity index (χ1) is 7.55. The third kappa shape index (κ3) is 2.76. The van der Waals surface area contributed by atoms with Crippen molar-refractivity contribution in [3.05, 3.63) is 0 Å². The van der Waals surface area contributed by atoms with E-state index in [4.69, 9.17) is 5.73 Å². The highest BCUT2D eigenvalue weighted by Gasteiger charge is 2.37. The molecule has 0 radical (unpaired) electrons. The molecule has 1 heterocycles. The third-order valence-corrected chi connectivity index (χ3v) is 4.41. The number of likely N-dealkylation sites (tertiary alicyclic amines) is 1. The molecule has 0 aromatic carbocycles. The predicted molar refractivity (Wildman–Crippen MR) is 66.3 cm³/mol. The van der Waals surface area contributed by atoms with Crippen molar-refractivity contribution in [2.75, 3.05) is 26.2 Å². The Morgan fingerprint density at radius 1 is 1.19 bits per heavy atom. The Labute approximate surface area is 99.0 Å². The van der Waals surface area contributed by atoms with Gasteiger partial charge in [-0.3, -0.25) is 4.90 Å². The normalized spacial score (nSPS) is 35.4. The summed E-state index contributed by atoms with van der Waals surface area (Å²) in [5.41, 5.74) is 5.84. The molecule has 0 aromatic rings. The molecule has 0 bridgehead atoms. The quantitative estimate of drug-likeness (QED) is 0.764. The van der Waals surface area contributed by atoms with Crippen LogP contribution in [0.15, 0.2) is 0 Å². The minimum atomic E-state index is -0.480. The van der Waals surface area contributed by atoms with Gasteiger partial charge >= 0.3 is 0 Å². The Kier molecular flexibility index (Phi) is 3.57. The van der Waals surface area contributed by atoms with E-state index in [0.29, 0.717) is 5.41 Å². The first-order valence-corrected chi connectivity index (χ1v) is 6.70. The molecule has 1 aliphatic heterocycles. The van der Waals surface area contributed by atoms with Gasteiger partial charge in [-0.2, -0.15) is 0 Å². The predicted octanol–water partition coefficient (Wildman–Crippen LogP) is 1.35. The van der Waals surface area contributed by atoms with Crippen LogP contribution in [0, 0.1) is 5.41 Å². The van der Waals surface area contributed by atoms with Crippen LogP contribution in [0.1, 0.15) is 45.4 Å². The molecule has 2 aliphatic rings. The number of nitrogens with two attached hydrogens (primary N) is 1. The van der Waals surface area contributed by atoms with Gasteiger partial charge in [-0.25, -0.2) is 0 Å². The van der Waals surface area contributed by atoms with E-state index in [2.05, 4.69) is 4.90 Å². The van der Waals surface area contributed by atoms with Crippen molar-refractivity contribution >= 4 is 0 Å². The maximum absolute atomic E-state index is 10.1. The Hall–Kier alpha value is -0.120. The van der Waals surface area contributed by atoms with Gasteiger partial charge in [0.15, 0.2) is 0 Å². The molecule has 1 unspecified atom stereocenters. The summed E-state index contributed by atoms with van der Waals surface area (Å²) in [4.78, 5) is 2.43. The van der Waals surface area contributed by atoms with E-state index in [1.165, 1.54) is 25.7 Å². The van der Waals surface area contributed by atoms with Gasteiger partial charge in [0, 0.05) is 13.1 Å². The van der Waals surface area contributed by atoms with E-state index >= 15 is 0 Å². The molecule has 0 aromatic heterocycles. The summed E-state index contributed by atoms with van der Waals surface area (Å²) in [6.45, 7) is 5.83. The second-order valence-corrected chi connectivity index (χ2v) is 6.22. The number of nitrogens with zero attached hydrogens (tertiary/aromatic N) is 1. The summed E-state index contributed by atoms with van der Waals surface area (Å²) in [6, 6.07) is 0. The largest absolute Gasteiger partial charge is 0.389 e. The molecule has 1 atom stereocenters. The van der Waals surface area contributed by atoms with E-state index in [9.17, 15) is 5.11 Å². The van der Waals surface area contributed by atoms with E-state index < -0.39 is 5.60 Å². The molecule has 3 nitrogen and oxygen atoms in total. The number of hydrogen-bond donors (Lipinski definition) is 2. The molecule has 1 aliphatic carbocycles. The average Bonchev–Trinajstić information content (AvgIpc) is 2.65. The molecule has 3 heteroatoms. The van der Waals surface area contributed by atoms with Gasteiger partial charge in [0.25, 0.3) is 0 Å². The number of aliphatic hydroxyl groups is 1. The Morgan fingerprint density at radius 2 is 1.88 bits per heavy atom. The van der Waals surface area contributed by atoms with Crippen LogP contribution >= 0.6 is 0 Å². The lowest BCUT2D eigenvalue weighted by atomic mass is 9.84. The summed E-state index contributed by atoms with van der Waals surface area (Å²) in [5, 5.41) is 10.1. The topological polar surface area (TPSA) is 49.5 Å². The Balaban J connectivity index is 1.93. The number of hydrogen-bond acceptors (Lipinski definition) is 3. The smallest absolute Gasteiger partial charge is 0.0746 e. The second-order valence-electron chi connectivity index (χ2n) is 6.22. The van der Waals surface area contributed by atoms with Crippen LogP contribution in [0.2, 0.25) is 0 Å². The van der Waals surface area contributed by atoms with Crippen molar-refractivity contribution < 1.29 is 5.11 Å². The Morgan fingerprint density at radius 3 is 2.44 bits per heavy atom. The molecule has 0 spiro atoms. The third-order valence-electron chi connectivity index (χ3n) is 4.41. The van der Waals surface area contributed by atoms with Gasteiger partial charge in [-0.05, 0) is 51.1 Å². The monoisotopic (exact) mass is 226 g/mol. The fourth-order valence-corrected chi connectivity index (χ4v) is 3.48. The van der Waals surface area contributed by atoms with Crippen LogP contribution in [0.3, 0.4) is 0 Å². The molecular formula is C13H26N2O. The van der Waals surface area contributed by atoms with Crippen LogP contribution in [-0.4, -0.2) is 41.8 Å². The minimum absolute atomic E-state index is 0.355. The lowest BCUT2D eigenvalue weighted by Gasteiger charge is -2.41. The van der Waals surface area contributed by atoms with Gasteiger partial charge in [0.05, 0.1) is 5.60 Å². The molecular weight excluding hydrogens is 200 g/mol. The lowest BCUT2D eigenvalue weighted by molar-refractivity contribution is -0.0273. The van der Waals surface area contributed by atoms with Gasteiger partial charge < -0.3 is 10.8 Å².